The molecule has 1 atom stereocenters. The normalized spacial score (nSPS) is 11.8. The maximum atomic E-state index is 15.5. The quantitative estimate of drug-likeness (QED) is 0.226. The average molecular weight is 570 g/mol. The molecule has 1 aromatic heterocycles. The molecule has 0 spiro atoms. The zero-order chi connectivity index (χ0) is 28.8. The number of carbonyl (C=O) groups excluding carboxylic acids is 1. The third-order valence-corrected chi connectivity index (χ3v) is 6.69. The molecule has 8 nitrogen and oxygen atoms in total. The molecule has 0 saturated heterocycles. The largest absolute Gasteiger partial charge is 0.382 e. The van der Waals surface area contributed by atoms with Gasteiger partial charge in [-0.3, -0.25) is 9.36 Å². The van der Waals surface area contributed by atoms with Gasteiger partial charge in [0.2, 0.25) is 0 Å². The zero-order valence-corrected chi connectivity index (χ0v) is 23.1. The molecule has 1 heterocycles. The van der Waals surface area contributed by atoms with Crippen molar-refractivity contribution >= 4 is 28.9 Å². The highest BCUT2D eigenvalue weighted by Gasteiger charge is 2.23. The number of hydrogen-bond donors (Lipinski definition) is 2. The molecule has 0 saturated carbocycles. The van der Waals surface area contributed by atoms with E-state index in [2.05, 4.69) is 15.7 Å². The molecule has 210 valence electrons. The smallest absolute Gasteiger partial charge is 0.350 e. The fraction of sp³-hybridized carbons (Fsp3) is 0.276. The second kappa shape index (κ2) is 12.9. The molecule has 3 aromatic carbocycles. The van der Waals surface area contributed by atoms with Gasteiger partial charge in [-0.2, -0.15) is 4.68 Å². The standard InChI is InChI=1S/C29H30ClF2N5O3/c1-4-18(3)33-24-15-25(23(32)14-20(24)28(38)34-27-21(30)12-9-13-22(27)31)37-29(39)36(5-2)26(35-37)17-40-16-19-10-7-6-8-11-19/h6-15,18,33H,4-5,16-17H2,1-3H3,(H,34,38)/t18-/m0/s1. The maximum Gasteiger partial charge on any atom is 0.350 e. The zero-order valence-electron chi connectivity index (χ0n) is 22.4. The van der Waals surface area contributed by atoms with E-state index >= 15 is 4.39 Å². The van der Waals surface area contributed by atoms with Crippen molar-refractivity contribution in [1.82, 2.24) is 14.3 Å². The van der Waals surface area contributed by atoms with Gasteiger partial charge in [0.25, 0.3) is 5.91 Å². The highest BCUT2D eigenvalue weighted by atomic mass is 35.5. The summed E-state index contributed by atoms with van der Waals surface area (Å²) in [5, 5.41) is 9.95. The van der Waals surface area contributed by atoms with E-state index in [0.29, 0.717) is 25.4 Å². The van der Waals surface area contributed by atoms with Gasteiger partial charge < -0.3 is 15.4 Å². The van der Waals surface area contributed by atoms with Crippen LogP contribution in [0.3, 0.4) is 0 Å². The Bertz CT molecular complexity index is 1540. The Morgan fingerprint density at radius 2 is 1.80 bits per heavy atom. The minimum Gasteiger partial charge on any atom is -0.382 e. The van der Waals surface area contributed by atoms with Crippen LogP contribution in [0.25, 0.3) is 5.69 Å². The highest BCUT2D eigenvalue weighted by Crippen LogP contribution is 2.29. The molecule has 0 bridgehead atoms. The number of amides is 1. The van der Waals surface area contributed by atoms with Crippen LogP contribution in [0.2, 0.25) is 5.02 Å². The van der Waals surface area contributed by atoms with Crippen molar-refractivity contribution < 1.29 is 18.3 Å². The topological polar surface area (TPSA) is 90.2 Å². The maximum absolute atomic E-state index is 15.5. The van der Waals surface area contributed by atoms with Crippen molar-refractivity contribution in [3.63, 3.8) is 0 Å². The summed E-state index contributed by atoms with van der Waals surface area (Å²) in [4.78, 5) is 26.4. The SMILES string of the molecule is CC[C@H](C)Nc1cc(-n2nc(COCc3ccccc3)n(CC)c2=O)c(F)cc1C(=O)Nc1c(F)cccc1Cl. The molecular weight excluding hydrogens is 540 g/mol. The van der Waals surface area contributed by atoms with Crippen LogP contribution in [-0.2, 0) is 24.5 Å². The van der Waals surface area contributed by atoms with Gasteiger partial charge in [-0.05, 0) is 50.1 Å². The molecule has 4 aromatic rings. The Kier molecular flexibility index (Phi) is 9.34. The molecule has 0 aliphatic rings. The van der Waals surface area contributed by atoms with Crippen molar-refractivity contribution in [1.29, 1.82) is 0 Å². The number of nitrogens with zero attached hydrogens (tertiary/aromatic N) is 3. The van der Waals surface area contributed by atoms with Crippen LogP contribution in [0, 0.1) is 11.6 Å². The van der Waals surface area contributed by atoms with E-state index in [1.807, 2.05) is 44.2 Å². The first-order valence-corrected chi connectivity index (χ1v) is 13.3. The summed E-state index contributed by atoms with van der Waals surface area (Å²) in [5.41, 5.74) is 0.207. The van der Waals surface area contributed by atoms with Crippen molar-refractivity contribution in [2.24, 2.45) is 0 Å². The third kappa shape index (κ3) is 6.40. The molecule has 0 radical (unpaired) electrons. The Morgan fingerprint density at radius 3 is 2.48 bits per heavy atom. The Labute approximate surface area is 235 Å². The predicted molar refractivity (Wildman–Crippen MR) is 151 cm³/mol. The number of halogens is 3. The Hall–Kier alpha value is -4.02. The monoisotopic (exact) mass is 569 g/mol. The second-order valence-corrected chi connectivity index (χ2v) is 9.59. The molecule has 0 aliphatic carbocycles. The van der Waals surface area contributed by atoms with Gasteiger partial charge in [0, 0.05) is 18.3 Å². The van der Waals surface area contributed by atoms with Crippen LogP contribution >= 0.6 is 11.6 Å². The van der Waals surface area contributed by atoms with Gasteiger partial charge in [0.15, 0.2) is 5.82 Å². The van der Waals surface area contributed by atoms with Gasteiger partial charge in [0.05, 0.1) is 22.9 Å². The number of benzene rings is 3. The molecule has 1 amide bonds. The average Bonchev–Trinajstić information content (AvgIpc) is 3.26. The number of nitrogens with one attached hydrogen (secondary N) is 2. The summed E-state index contributed by atoms with van der Waals surface area (Å²) >= 11 is 6.06. The number of hydrogen-bond acceptors (Lipinski definition) is 5. The lowest BCUT2D eigenvalue weighted by molar-refractivity contribution is 0.0989. The summed E-state index contributed by atoms with van der Waals surface area (Å²) in [6.45, 7) is 6.26. The number of aromatic nitrogens is 3. The van der Waals surface area contributed by atoms with Crippen molar-refractivity contribution in [3.05, 3.63) is 105 Å². The van der Waals surface area contributed by atoms with E-state index in [1.165, 1.54) is 22.8 Å². The summed E-state index contributed by atoms with van der Waals surface area (Å²) in [6, 6.07) is 15.8. The fourth-order valence-corrected chi connectivity index (χ4v) is 4.26. The van der Waals surface area contributed by atoms with E-state index in [-0.39, 0.29) is 40.3 Å². The molecule has 0 fully saturated rings. The summed E-state index contributed by atoms with van der Waals surface area (Å²) < 4.78 is 38.0. The Balaban J connectivity index is 1.69. The van der Waals surface area contributed by atoms with Crippen LogP contribution in [0.1, 0.15) is 48.9 Å². The predicted octanol–water partition coefficient (Wildman–Crippen LogP) is 6.17. The van der Waals surface area contributed by atoms with Crippen LogP contribution in [-0.4, -0.2) is 26.3 Å². The van der Waals surface area contributed by atoms with Gasteiger partial charge in [0.1, 0.15) is 23.9 Å². The minimum absolute atomic E-state index is 0.000507. The lowest BCUT2D eigenvalue weighted by Crippen LogP contribution is -2.26. The van der Waals surface area contributed by atoms with Gasteiger partial charge in [-0.1, -0.05) is 54.9 Å². The number of anilines is 2. The van der Waals surface area contributed by atoms with E-state index in [0.717, 1.165) is 22.4 Å². The van der Waals surface area contributed by atoms with Gasteiger partial charge in [-0.15, -0.1) is 5.10 Å². The molecule has 40 heavy (non-hydrogen) atoms. The first kappa shape index (κ1) is 29.0. The van der Waals surface area contributed by atoms with Gasteiger partial charge >= 0.3 is 5.69 Å². The van der Waals surface area contributed by atoms with E-state index in [1.54, 1.807) is 6.92 Å². The second-order valence-electron chi connectivity index (χ2n) is 9.19. The van der Waals surface area contributed by atoms with Crippen LogP contribution in [0.15, 0.2) is 65.5 Å². The molecule has 11 heteroatoms. The number of rotatable bonds is 11. The lowest BCUT2D eigenvalue weighted by atomic mass is 10.1. The van der Waals surface area contributed by atoms with E-state index in [4.69, 9.17) is 16.3 Å². The highest BCUT2D eigenvalue weighted by molar-refractivity contribution is 6.34. The van der Waals surface area contributed by atoms with Crippen LogP contribution in [0.4, 0.5) is 20.2 Å². The molecule has 4 rings (SSSR count). The van der Waals surface area contributed by atoms with Crippen LogP contribution in [0.5, 0.6) is 0 Å². The number of carbonyl (C=O) groups is 1. The number of para-hydroxylation sites is 1. The van der Waals surface area contributed by atoms with E-state index < -0.39 is 23.2 Å². The van der Waals surface area contributed by atoms with Crippen molar-refractivity contribution in [2.45, 2.75) is 53.0 Å². The van der Waals surface area contributed by atoms with Crippen LogP contribution < -0.4 is 16.3 Å². The summed E-state index contributed by atoms with van der Waals surface area (Å²) in [6.07, 6.45) is 0.695. The summed E-state index contributed by atoms with van der Waals surface area (Å²) in [7, 11) is 0. The van der Waals surface area contributed by atoms with Crippen molar-refractivity contribution in [2.75, 3.05) is 10.6 Å². The number of ether oxygens (including phenoxy) is 1. The third-order valence-electron chi connectivity index (χ3n) is 6.37. The molecular formula is C29H30ClF2N5O3. The van der Waals surface area contributed by atoms with Gasteiger partial charge in [-0.25, -0.2) is 13.6 Å². The first-order valence-electron chi connectivity index (χ1n) is 12.9. The lowest BCUT2D eigenvalue weighted by Gasteiger charge is -2.18. The molecule has 2 N–H and O–H groups in total. The molecule has 0 unspecified atom stereocenters. The first-order chi connectivity index (χ1) is 19.2. The Morgan fingerprint density at radius 1 is 1.05 bits per heavy atom. The van der Waals surface area contributed by atoms with Crippen molar-refractivity contribution in [3.8, 4) is 5.69 Å². The molecule has 0 aliphatic heterocycles. The van der Waals surface area contributed by atoms with E-state index in [9.17, 15) is 14.0 Å². The minimum atomic E-state index is -0.862. The summed E-state index contributed by atoms with van der Waals surface area (Å²) in [5.74, 6) is -2.04. The fourth-order valence-electron chi connectivity index (χ4n) is 4.05.